The zero-order valence-electron chi connectivity index (χ0n) is 11.1. The van der Waals surface area contributed by atoms with Crippen molar-refractivity contribution in [3.05, 3.63) is 23.2 Å². The van der Waals surface area contributed by atoms with E-state index in [1.54, 1.807) is 7.11 Å². The van der Waals surface area contributed by atoms with Crippen molar-refractivity contribution in [1.29, 1.82) is 0 Å². The molecule has 0 radical (unpaired) electrons. The van der Waals surface area contributed by atoms with Gasteiger partial charge < -0.3 is 15.2 Å². The second-order valence-corrected chi connectivity index (χ2v) is 6.87. The monoisotopic (exact) mass is 320 g/mol. The topological polar surface area (TPSA) is 90.7 Å². The van der Waals surface area contributed by atoms with Crippen molar-refractivity contribution in [3.8, 4) is 0 Å². The van der Waals surface area contributed by atoms with Crippen LogP contribution in [-0.4, -0.2) is 40.9 Å². The predicted molar refractivity (Wildman–Crippen MR) is 76.2 cm³/mol. The highest BCUT2D eigenvalue weighted by molar-refractivity contribution is 7.89. The van der Waals surface area contributed by atoms with E-state index in [9.17, 15) is 8.42 Å². The third-order valence-corrected chi connectivity index (χ3v) is 5.06. The summed E-state index contributed by atoms with van der Waals surface area (Å²) in [6, 6.07) is 4.27. The van der Waals surface area contributed by atoms with Crippen molar-refractivity contribution in [2.45, 2.75) is 16.9 Å². The summed E-state index contributed by atoms with van der Waals surface area (Å²) in [5.41, 5.74) is 5.19. The summed E-state index contributed by atoms with van der Waals surface area (Å²) in [6.45, 7) is 1.05. The minimum absolute atomic E-state index is 0.00654. The zero-order valence-corrected chi connectivity index (χ0v) is 12.6. The molecular weight excluding hydrogens is 304 g/mol. The Morgan fingerprint density at radius 1 is 1.55 bits per heavy atom. The van der Waals surface area contributed by atoms with Gasteiger partial charge in [0.15, 0.2) is 0 Å². The first-order valence-corrected chi connectivity index (χ1v) is 7.92. The number of sulfonamides is 1. The van der Waals surface area contributed by atoms with E-state index in [-0.39, 0.29) is 17.1 Å². The minimum Gasteiger partial charge on any atom is -0.398 e. The third-order valence-electron chi connectivity index (χ3n) is 3.35. The van der Waals surface area contributed by atoms with Crippen molar-refractivity contribution in [2.75, 3.05) is 32.6 Å². The number of methoxy groups -OCH3 is 1. The second-order valence-electron chi connectivity index (χ2n) is 4.70. The van der Waals surface area contributed by atoms with E-state index in [1.165, 1.54) is 18.2 Å². The number of hydrogen-bond acceptors (Lipinski definition) is 5. The molecule has 8 heteroatoms. The molecule has 1 fully saturated rings. The molecule has 0 bridgehead atoms. The van der Waals surface area contributed by atoms with Gasteiger partial charge in [0.05, 0.1) is 12.3 Å². The fourth-order valence-electron chi connectivity index (χ4n) is 2.03. The fourth-order valence-corrected chi connectivity index (χ4v) is 3.43. The van der Waals surface area contributed by atoms with Gasteiger partial charge >= 0.3 is 0 Å². The van der Waals surface area contributed by atoms with Crippen molar-refractivity contribution >= 4 is 27.3 Å². The maximum Gasteiger partial charge on any atom is 0.242 e. The lowest BCUT2D eigenvalue weighted by Gasteiger charge is -2.25. The van der Waals surface area contributed by atoms with Crippen molar-refractivity contribution < 1.29 is 17.9 Å². The molecule has 0 spiro atoms. The minimum atomic E-state index is -3.71. The molecule has 20 heavy (non-hydrogen) atoms. The molecule has 1 saturated heterocycles. The summed E-state index contributed by atoms with van der Waals surface area (Å²) in [6.07, 6.45) is 0.641. The molecule has 0 aliphatic carbocycles. The van der Waals surface area contributed by atoms with Gasteiger partial charge in [-0.05, 0) is 18.2 Å². The van der Waals surface area contributed by atoms with Gasteiger partial charge in [0.25, 0.3) is 0 Å². The average Bonchev–Trinajstić information content (AvgIpc) is 2.85. The van der Waals surface area contributed by atoms with E-state index in [0.29, 0.717) is 24.7 Å². The first-order chi connectivity index (χ1) is 9.38. The lowest BCUT2D eigenvalue weighted by molar-refractivity contribution is -0.0120. The summed E-state index contributed by atoms with van der Waals surface area (Å²) in [7, 11) is -2.17. The first kappa shape index (κ1) is 15.5. The van der Waals surface area contributed by atoms with Crippen LogP contribution in [0.2, 0.25) is 5.02 Å². The maximum absolute atomic E-state index is 12.2. The number of hydrogen-bond donors (Lipinski definition) is 2. The largest absolute Gasteiger partial charge is 0.398 e. The van der Waals surface area contributed by atoms with Gasteiger partial charge in [-0.25, -0.2) is 13.1 Å². The lowest BCUT2D eigenvalue weighted by atomic mass is 10.0. The van der Waals surface area contributed by atoms with Crippen LogP contribution in [-0.2, 0) is 19.5 Å². The molecule has 1 heterocycles. The highest BCUT2D eigenvalue weighted by Gasteiger charge is 2.36. The van der Waals surface area contributed by atoms with E-state index in [0.717, 1.165) is 0 Å². The molecule has 6 nitrogen and oxygen atoms in total. The molecule has 1 aliphatic heterocycles. The van der Waals surface area contributed by atoms with Crippen molar-refractivity contribution in [1.82, 2.24) is 4.72 Å². The van der Waals surface area contributed by atoms with Crippen LogP contribution in [0.5, 0.6) is 0 Å². The first-order valence-electron chi connectivity index (χ1n) is 6.06. The third kappa shape index (κ3) is 3.24. The Labute approximate surface area is 123 Å². The molecule has 0 amide bonds. The van der Waals surface area contributed by atoms with Gasteiger partial charge in [-0.2, -0.15) is 0 Å². The number of nitrogen functional groups attached to an aromatic ring is 1. The predicted octanol–water partition coefficient (Wildman–Crippen LogP) is 1.01. The van der Waals surface area contributed by atoms with Crippen LogP contribution < -0.4 is 10.5 Å². The van der Waals surface area contributed by atoms with Gasteiger partial charge in [0.1, 0.15) is 10.5 Å². The molecule has 0 aromatic heterocycles. The average molecular weight is 321 g/mol. The quantitative estimate of drug-likeness (QED) is 0.790. The highest BCUT2D eigenvalue weighted by Crippen LogP contribution is 2.25. The number of nitrogens with two attached hydrogens (primary N) is 1. The molecule has 3 N–H and O–H groups in total. The Bertz CT molecular complexity index is 585. The van der Waals surface area contributed by atoms with E-state index in [1.807, 2.05) is 0 Å². The van der Waals surface area contributed by atoms with E-state index in [4.69, 9.17) is 26.8 Å². The summed E-state index contributed by atoms with van der Waals surface area (Å²) in [5, 5.41) is 0.388. The van der Waals surface area contributed by atoms with Crippen LogP contribution in [0.25, 0.3) is 0 Å². The molecule has 0 saturated carbocycles. The molecule has 112 valence electrons. The number of ether oxygens (including phenoxy) is 2. The Morgan fingerprint density at radius 2 is 2.30 bits per heavy atom. The van der Waals surface area contributed by atoms with Crippen molar-refractivity contribution in [3.63, 3.8) is 0 Å². The standard InChI is InChI=1S/C12H17ClN2O4S/c1-18-12(4-5-19-8-12)7-15-20(16,17)11-3-2-9(13)6-10(11)14/h2-3,6,15H,4-5,7-8,14H2,1H3. The normalized spacial score (nSPS) is 23.1. The van der Waals surface area contributed by atoms with Crippen LogP contribution in [0.4, 0.5) is 5.69 Å². The van der Waals surface area contributed by atoms with Crippen LogP contribution in [0.3, 0.4) is 0 Å². The van der Waals surface area contributed by atoms with Crippen molar-refractivity contribution in [2.24, 2.45) is 0 Å². The number of anilines is 1. The number of nitrogens with one attached hydrogen (secondary N) is 1. The molecule has 1 unspecified atom stereocenters. The highest BCUT2D eigenvalue weighted by atomic mass is 35.5. The second kappa shape index (κ2) is 5.87. The van der Waals surface area contributed by atoms with Crippen LogP contribution in [0.1, 0.15) is 6.42 Å². The maximum atomic E-state index is 12.2. The molecule has 1 aliphatic rings. The fraction of sp³-hybridized carbons (Fsp3) is 0.500. The van der Waals surface area contributed by atoms with Gasteiger partial charge in [0, 0.05) is 31.7 Å². The van der Waals surface area contributed by atoms with Gasteiger partial charge in [-0.1, -0.05) is 11.6 Å². The summed E-state index contributed by atoms with van der Waals surface area (Å²) in [4.78, 5) is 0.00654. The molecule has 1 atom stereocenters. The van der Waals surface area contributed by atoms with E-state index < -0.39 is 15.6 Å². The summed E-state index contributed by atoms with van der Waals surface area (Å²) >= 11 is 5.76. The molecule has 1 aromatic carbocycles. The molecular formula is C12H17ClN2O4S. The van der Waals surface area contributed by atoms with E-state index in [2.05, 4.69) is 4.72 Å². The van der Waals surface area contributed by atoms with Crippen LogP contribution >= 0.6 is 11.6 Å². The van der Waals surface area contributed by atoms with E-state index >= 15 is 0 Å². The van der Waals surface area contributed by atoms with Crippen LogP contribution in [0.15, 0.2) is 23.1 Å². The smallest absolute Gasteiger partial charge is 0.242 e. The Morgan fingerprint density at radius 3 is 2.85 bits per heavy atom. The summed E-state index contributed by atoms with van der Waals surface area (Å²) < 4.78 is 37.6. The SMILES string of the molecule is COC1(CNS(=O)(=O)c2ccc(Cl)cc2N)CCOC1. The summed E-state index contributed by atoms with van der Waals surface area (Å²) in [5.74, 6) is 0. The number of rotatable bonds is 5. The number of benzene rings is 1. The zero-order chi connectivity index (χ0) is 14.8. The Balaban J connectivity index is 2.15. The van der Waals surface area contributed by atoms with Gasteiger partial charge in [-0.3, -0.25) is 0 Å². The Kier molecular flexibility index (Phi) is 4.55. The van der Waals surface area contributed by atoms with Gasteiger partial charge in [-0.15, -0.1) is 0 Å². The van der Waals surface area contributed by atoms with Crippen LogP contribution in [0, 0.1) is 0 Å². The Hall–Kier alpha value is -0.860. The number of halogens is 1. The molecule has 1 aromatic rings. The molecule has 2 rings (SSSR count). The van der Waals surface area contributed by atoms with Gasteiger partial charge in [0.2, 0.25) is 10.0 Å². The lowest BCUT2D eigenvalue weighted by Crippen LogP contribution is -2.45.